The molecule has 20 heavy (non-hydrogen) atoms. The molecule has 2 unspecified atom stereocenters. The minimum atomic E-state index is 0. The fourth-order valence-electron chi connectivity index (χ4n) is 2.66. The number of nitrogens with zero attached hydrogens (tertiary/aromatic N) is 1. The molecule has 0 bridgehead atoms. The molecular weight excluding hydrogens is 360 g/mol. The Bertz CT molecular complexity index is 441. The summed E-state index contributed by atoms with van der Waals surface area (Å²) in [6.07, 6.45) is 5.20. The average Bonchev–Trinajstić information content (AvgIpc) is 2.77. The highest BCUT2D eigenvalue weighted by Crippen LogP contribution is 2.27. The zero-order valence-electron chi connectivity index (χ0n) is 11.7. The van der Waals surface area contributed by atoms with E-state index in [-0.39, 0.29) is 24.4 Å². The second-order valence-corrected chi connectivity index (χ2v) is 7.71. The fraction of sp³-hybridized carbons (Fsp3) is 0.643. The summed E-state index contributed by atoms with van der Waals surface area (Å²) in [7, 11) is 1.88. The summed E-state index contributed by atoms with van der Waals surface area (Å²) >= 11 is 5.10. The fourth-order valence-corrected chi connectivity index (χ4v) is 3.86. The third-order valence-electron chi connectivity index (χ3n) is 3.87. The first-order valence-corrected chi connectivity index (χ1v) is 8.46. The highest BCUT2D eigenvalue weighted by molar-refractivity contribution is 9.11. The van der Waals surface area contributed by atoms with Crippen molar-refractivity contribution < 1.29 is 4.79 Å². The molecular formula is C14H22BrClN2OS. The lowest BCUT2D eigenvalue weighted by atomic mass is 9.83. The number of amides is 1. The molecule has 1 saturated carbocycles. The lowest BCUT2D eigenvalue weighted by molar-refractivity contribution is -0.131. The smallest absolute Gasteiger partial charge is 0.222 e. The number of hydrogen-bond donors (Lipinski definition) is 1. The minimum Gasteiger partial charge on any atom is -0.341 e. The van der Waals surface area contributed by atoms with Gasteiger partial charge in [-0.3, -0.25) is 4.79 Å². The van der Waals surface area contributed by atoms with Crippen LogP contribution in [0.4, 0.5) is 0 Å². The van der Waals surface area contributed by atoms with Crippen molar-refractivity contribution >= 4 is 45.6 Å². The van der Waals surface area contributed by atoms with Gasteiger partial charge in [0.15, 0.2) is 0 Å². The van der Waals surface area contributed by atoms with Crippen molar-refractivity contribution in [1.29, 1.82) is 0 Å². The van der Waals surface area contributed by atoms with Gasteiger partial charge in [-0.1, -0.05) is 12.8 Å². The van der Waals surface area contributed by atoms with Crippen LogP contribution in [-0.2, 0) is 11.3 Å². The van der Waals surface area contributed by atoms with Crippen LogP contribution >= 0.6 is 39.7 Å². The Morgan fingerprint density at radius 1 is 1.50 bits per heavy atom. The number of nitrogens with two attached hydrogens (primary N) is 1. The number of thiophene rings is 1. The highest BCUT2D eigenvalue weighted by Gasteiger charge is 2.25. The van der Waals surface area contributed by atoms with Gasteiger partial charge in [-0.05, 0) is 51.7 Å². The number of carbonyl (C=O) groups excluding carboxylic acids is 1. The van der Waals surface area contributed by atoms with Crippen molar-refractivity contribution in [2.45, 2.75) is 44.7 Å². The molecule has 2 rings (SSSR count). The molecule has 1 aromatic rings. The van der Waals surface area contributed by atoms with Gasteiger partial charge < -0.3 is 10.6 Å². The summed E-state index contributed by atoms with van der Waals surface area (Å²) in [4.78, 5) is 14.0. The van der Waals surface area contributed by atoms with Gasteiger partial charge in [-0.25, -0.2) is 0 Å². The van der Waals surface area contributed by atoms with E-state index in [1.807, 2.05) is 11.9 Å². The van der Waals surface area contributed by atoms with Crippen molar-refractivity contribution in [3.63, 3.8) is 0 Å². The van der Waals surface area contributed by atoms with Crippen molar-refractivity contribution in [3.8, 4) is 0 Å². The molecule has 3 nitrogen and oxygen atoms in total. The van der Waals surface area contributed by atoms with E-state index in [2.05, 4.69) is 27.4 Å². The van der Waals surface area contributed by atoms with Crippen molar-refractivity contribution in [1.82, 2.24) is 4.90 Å². The van der Waals surface area contributed by atoms with Crippen molar-refractivity contribution in [3.05, 3.63) is 20.8 Å². The average molecular weight is 382 g/mol. The van der Waals surface area contributed by atoms with Gasteiger partial charge in [-0.2, -0.15) is 0 Å². The number of rotatable bonds is 4. The normalized spacial score (nSPS) is 22.1. The van der Waals surface area contributed by atoms with Crippen LogP contribution in [-0.4, -0.2) is 23.9 Å². The summed E-state index contributed by atoms with van der Waals surface area (Å²) < 4.78 is 1.11. The number of hydrogen-bond acceptors (Lipinski definition) is 3. The summed E-state index contributed by atoms with van der Waals surface area (Å²) in [5.41, 5.74) is 7.29. The van der Waals surface area contributed by atoms with Gasteiger partial charge in [0.05, 0.1) is 3.79 Å². The third-order valence-corrected chi connectivity index (χ3v) is 5.43. The molecule has 1 amide bonds. The maximum Gasteiger partial charge on any atom is 0.222 e. The van der Waals surface area contributed by atoms with E-state index in [1.54, 1.807) is 11.3 Å². The Kier molecular flexibility index (Phi) is 7.51. The molecule has 2 N–H and O–H groups in total. The predicted octanol–water partition coefficient (Wildman–Crippen LogP) is 3.80. The topological polar surface area (TPSA) is 46.3 Å². The maximum absolute atomic E-state index is 12.2. The molecule has 1 aliphatic carbocycles. The Morgan fingerprint density at radius 3 is 2.80 bits per heavy atom. The van der Waals surface area contributed by atoms with Crippen LogP contribution < -0.4 is 5.73 Å². The minimum absolute atomic E-state index is 0. The standard InChI is InChI=1S/C14H21BrN2OS.ClH/c1-17(8-10-6-13(15)19-9-10)14(18)7-11-4-2-3-5-12(11)16;/h6,9,11-12H,2-5,7-8,16H2,1H3;1H. The van der Waals surface area contributed by atoms with E-state index < -0.39 is 0 Å². The molecule has 6 heteroatoms. The molecule has 0 aliphatic heterocycles. The molecule has 1 aromatic heterocycles. The third kappa shape index (κ3) is 5.02. The van der Waals surface area contributed by atoms with Gasteiger partial charge in [0, 0.05) is 26.1 Å². The molecule has 114 valence electrons. The van der Waals surface area contributed by atoms with E-state index >= 15 is 0 Å². The monoisotopic (exact) mass is 380 g/mol. The van der Waals surface area contributed by atoms with Crippen LogP contribution in [0.15, 0.2) is 15.2 Å². The molecule has 0 saturated heterocycles. The zero-order chi connectivity index (χ0) is 13.8. The van der Waals surface area contributed by atoms with Crippen LogP contribution in [0.5, 0.6) is 0 Å². The largest absolute Gasteiger partial charge is 0.341 e. The Balaban J connectivity index is 0.00000200. The Hall–Kier alpha value is -0.100. The number of halogens is 2. The quantitative estimate of drug-likeness (QED) is 0.862. The van der Waals surface area contributed by atoms with E-state index in [4.69, 9.17) is 5.73 Å². The van der Waals surface area contributed by atoms with Crippen LogP contribution in [0.3, 0.4) is 0 Å². The van der Waals surface area contributed by atoms with Gasteiger partial charge in [0.1, 0.15) is 0 Å². The van der Waals surface area contributed by atoms with Crippen LogP contribution in [0.2, 0.25) is 0 Å². The Labute approximate surface area is 139 Å². The SMILES string of the molecule is CN(Cc1csc(Br)c1)C(=O)CC1CCCCC1N.Cl. The van der Waals surface area contributed by atoms with E-state index in [0.717, 1.165) is 16.6 Å². The van der Waals surface area contributed by atoms with Crippen LogP contribution in [0, 0.1) is 5.92 Å². The van der Waals surface area contributed by atoms with Crippen molar-refractivity contribution in [2.75, 3.05) is 7.05 Å². The summed E-state index contributed by atoms with van der Waals surface area (Å²) in [6.45, 7) is 0.683. The second kappa shape index (κ2) is 8.37. The first kappa shape index (κ1) is 18.0. The lowest BCUT2D eigenvalue weighted by Crippen LogP contribution is -2.37. The second-order valence-electron chi connectivity index (χ2n) is 5.42. The van der Waals surface area contributed by atoms with E-state index in [0.29, 0.717) is 18.9 Å². The van der Waals surface area contributed by atoms with Gasteiger partial charge in [0.2, 0.25) is 5.91 Å². The lowest BCUT2D eigenvalue weighted by Gasteiger charge is -2.29. The Morgan fingerprint density at radius 2 is 2.20 bits per heavy atom. The molecule has 0 spiro atoms. The van der Waals surface area contributed by atoms with Crippen LogP contribution in [0.25, 0.3) is 0 Å². The van der Waals surface area contributed by atoms with Gasteiger partial charge in [0.25, 0.3) is 0 Å². The van der Waals surface area contributed by atoms with Crippen LogP contribution in [0.1, 0.15) is 37.7 Å². The van der Waals surface area contributed by atoms with Crippen molar-refractivity contribution in [2.24, 2.45) is 11.7 Å². The predicted molar refractivity (Wildman–Crippen MR) is 90.3 cm³/mol. The molecule has 0 radical (unpaired) electrons. The summed E-state index contributed by atoms with van der Waals surface area (Å²) in [5.74, 6) is 0.586. The summed E-state index contributed by atoms with van der Waals surface area (Å²) in [6, 6.07) is 2.28. The molecule has 1 aliphatic rings. The highest BCUT2D eigenvalue weighted by atomic mass is 79.9. The molecule has 1 fully saturated rings. The first-order valence-electron chi connectivity index (χ1n) is 6.78. The van der Waals surface area contributed by atoms with Gasteiger partial charge in [-0.15, -0.1) is 23.7 Å². The maximum atomic E-state index is 12.2. The molecule has 2 atom stereocenters. The molecule has 0 aromatic carbocycles. The number of carbonyl (C=O) groups is 1. The van der Waals surface area contributed by atoms with Gasteiger partial charge >= 0.3 is 0 Å². The van der Waals surface area contributed by atoms with E-state index in [9.17, 15) is 4.79 Å². The molecule has 1 heterocycles. The first-order chi connectivity index (χ1) is 9.06. The summed E-state index contributed by atoms with van der Waals surface area (Å²) in [5, 5.41) is 2.08. The van der Waals surface area contributed by atoms with E-state index in [1.165, 1.54) is 18.4 Å². The zero-order valence-corrected chi connectivity index (χ0v) is 14.9.